The number of aryl methyl sites for hydroxylation is 1. The molecule has 1 aliphatic heterocycles. The molecule has 4 rings (SSSR count). The molecule has 1 aliphatic rings. The first kappa shape index (κ1) is 21.7. The Kier molecular flexibility index (Phi) is 7.61. The molecular weight excluding hydrogens is 406 g/mol. The zero-order valence-corrected chi connectivity index (χ0v) is 18.2. The molecule has 7 heteroatoms. The number of thiazole rings is 1. The van der Waals surface area contributed by atoms with Crippen LogP contribution in [0.4, 0.5) is 5.13 Å². The molecule has 29 heavy (non-hydrogen) atoms. The molecule has 0 spiro atoms. The number of aromatic nitrogens is 1. The number of carbonyl (C=O) groups is 1. The smallest absolute Gasteiger partial charge is 0.260 e. The average molecular weight is 432 g/mol. The number of carbonyl (C=O) groups excluding carboxylic acids is 1. The van der Waals surface area contributed by atoms with E-state index in [-0.39, 0.29) is 18.3 Å². The van der Waals surface area contributed by atoms with Crippen LogP contribution in [0.25, 0.3) is 10.2 Å². The molecule has 1 saturated heterocycles. The third-order valence-corrected chi connectivity index (χ3v) is 6.03. The van der Waals surface area contributed by atoms with Gasteiger partial charge in [-0.15, -0.1) is 12.4 Å². The lowest BCUT2D eigenvalue weighted by molar-refractivity contribution is 0.0376. The van der Waals surface area contributed by atoms with Crippen molar-refractivity contribution in [1.29, 1.82) is 0 Å². The summed E-state index contributed by atoms with van der Waals surface area (Å²) >= 11 is 1.59. The molecule has 154 valence electrons. The summed E-state index contributed by atoms with van der Waals surface area (Å²) in [7, 11) is 0. The van der Waals surface area contributed by atoms with Crippen molar-refractivity contribution < 1.29 is 9.53 Å². The molecule has 0 unspecified atom stereocenters. The van der Waals surface area contributed by atoms with Gasteiger partial charge in [0, 0.05) is 31.7 Å². The Hall–Kier alpha value is -1.99. The van der Waals surface area contributed by atoms with Gasteiger partial charge in [0.2, 0.25) is 0 Å². The van der Waals surface area contributed by atoms with E-state index in [9.17, 15) is 4.79 Å². The van der Waals surface area contributed by atoms with E-state index in [1.54, 1.807) is 11.3 Å². The second-order valence-electron chi connectivity index (χ2n) is 7.10. The van der Waals surface area contributed by atoms with E-state index in [4.69, 9.17) is 9.72 Å². The van der Waals surface area contributed by atoms with Gasteiger partial charge in [0.25, 0.3) is 5.91 Å². The first-order chi connectivity index (χ1) is 13.7. The predicted octanol–water partition coefficient (Wildman–Crippen LogP) is 4.40. The highest BCUT2D eigenvalue weighted by atomic mass is 35.5. The second kappa shape index (κ2) is 10.2. The summed E-state index contributed by atoms with van der Waals surface area (Å²) in [5.41, 5.74) is 2.85. The number of hydrogen-bond donors (Lipinski definition) is 0. The molecule has 0 saturated carbocycles. The van der Waals surface area contributed by atoms with Crippen molar-refractivity contribution in [2.24, 2.45) is 0 Å². The minimum absolute atomic E-state index is 0. The SMILES string of the molecule is Cc1ccc2nc(N(CCCN3CCOCC3)C(=O)c3ccccc3)sc2c1.Cl. The van der Waals surface area contributed by atoms with Crippen molar-refractivity contribution in [1.82, 2.24) is 9.88 Å². The standard InChI is InChI=1S/C22H25N3O2S.ClH/c1-17-8-9-19-20(16-17)28-22(23-19)25(21(26)18-6-3-2-4-7-18)11-5-10-24-12-14-27-15-13-24;/h2-4,6-9,16H,5,10-15H2,1H3;1H. The molecule has 0 aliphatic carbocycles. The molecule has 0 radical (unpaired) electrons. The van der Waals surface area contributed by atoms with Crippen LogP contribution in [0.1, 0.15) is 22.3 Å². The lowest BCUT2D eigenvalue weighted by Crippen LogP contribution is -2.39. The van der Waals surface area contributed by atoms with Crippen LogP contribution in [0.5, 0.6) is 0 Å². The topological polar surface area (TPSA) is 45.7 Å². The van der Waals surface area contributed by atoms with Gasteiger partial charge in [0.05, 0.1) is 23.4 Å². The molecule has 5 nitrogen and oxygen atoms in total. The normalized spacial score (nSPS) is 14.5. The van der Waals surface area contributed by atoms with Crippen LogP contribution in [0.3, 0.4) is 0 Å². The fraction of sp³-hybridized carbons (Fsp3) is 0.364. The van der Waals surface area contributed by atoms with Crippen molar-refractivity contribution in [3.8, 4) is 0 Å². The molecule has 0 atom stereocenters. The third kappa shape index (κ3) is 5.34. The highest BCUT2D eigenvalue weighted by Gasteiger charge is 2.21. The van der Waals surface area contributed by atoms with Gasteiger partial charge in [-0.05, 0) is 43.2 Å². The number of fused-ring (bicyclic) bond motifs is 1. The number of hydrogen-bond acceptors (Lipinski definition) is 5. The Labute approximate surface area is 181 Å². The lowest BCUT2D eigenvalue weighted by atomic mass is 10.2. The number of amides is 1. The van der Waals surface area contributed by atoms with Crippen LogP contribution < -0.4 is 4.90 Å². The number of halogens is 1. The maximum Gasteiger partial charge on any atom is 0.260 e. The maximum absolute atomic E-state index is 13.2. The van der Waals surface area contributed by atoms with Crippen molar-refractivity contribution in [3.05, 3.63) is 59.7 Å². The van der Waals surface area contributed by atoms with E-state index in [0.717, 1.165) is 54.6 Å². The molecule has 2 aromatic carbocycles. The molecule has 1 amide bonds. The largest absolute Gasteiger partial charge is 0.379 e. The van der Waals surface area contributed by atoms with Crippen LogP contribution in [-0.2, 0) is 4.74 Å². The van der Waals surface area contributed by atoms with Gasteiger partial charge < -0.3 is 4.74 Å². The fourth-order valence-electron chi connectivity index (χ4n) is 3.43. The van der Waals surface area contributed by atoms with E-state index in [2.05, 4.69) is 24.0 Å². The molecule has 1 fully saturated rings. The molecule has 0 bridgehead atoms. The maximum atomic E-state index is 13.2. The first-order valence-corrected chi connectivity index (χ1v) is 10.6. The predicted molar refractivity (Wildman–Crippen MR) is 122 cm³/mol. The summed E-state index contributed by atoms with van der Waals surface area (Å²) in [6.07, 6.45) is 0.910. The van der Waals surface area contributed by atoms with Gasteiger partial charge in [0.1, 0.15) is 0 Å². The third-order valence-electron chi connectivity index (χ3n) is 4.99. The Morgan fingerprint density at radius 2 is 1.93 bits per heavy atom. The Bertz CT molecular complexity index is 942. The fourth-order valence-corrected chi connectivity index (χ4v) is 4.52. The van der Waals surface area contributed by atoms with Gasteiger partial charge in [-0.3, -0.25) is 14.6 Å². The molecular formula is C22H26ClN3O2S. The number of anilines is 1. The molecule has 2 heterocycles. The number of nitrogens with zero attached hydrogens (tertiary/aromatic N) is 3. The molecule has 3 aromatic rings. The zero-order valence-electron chi connectivity index (χ0n) is 16.5. The number of rotatable bonds is 6. The van der Waals surface area contributed by atoms with E-state index in [1.165, 1.54) is 5.56 Å². The second-order valence-corrected chi connectivity index (χ2v) is 8.11. The number of ether oxygens (including phenoxy) is 1. The minimum atomic E-state index is 0. The lowest BCUT2D eigenvalue weighted by Gasteiger charge is -2.27. The van der Waals surface area contributed by atoms with E-state index < -0.39 is 0 Å². The van der Waals surface area contributed by atoms with Crippen molar-refractivity contribution in [2.45, 2.75) is 13.3 Å². The summed E-state index contributed by atoms with van der Waals surface area (Å²) < 4.78 is 6.54. The molecule has 1 aromatic heterocycles. The Balaban J connectivity index is 0.00000240. The average Bonchev–Trinajstić information content (AvgIpc) is 3.15. The summed E-state index contributed by atoms with van der Waals surface area (Å²) in [6.45, 7) is 7.22. The van der Waals surface area contributed by atoms with Crippen LogP contribution >= 0.6 is 23.7 Å². The van der Waals surface area contributed by atoms with Crippen molar-refractivity contribution in [3.63, 3.8) is 0 Å². The van der Waals surface area contributed by atoms with E-state index >= 15 is 0 Å². The summed E-state index contributed by atoms with van der Waals surface area (Å²) in [5.74, 6) is 0.0124. The summed E-state index contributed by atoms with van der Waals surface area (Å²) in [6, 6.07) is 15.7. The van der Waals surface area contributed by atoms with Gasteiger partial charge >= 0.3 is 0 Å². The summed E-state index contributed by atoms with van der Waals surface area (Å²) in [4.78, 5) is 22.2. The van der Waals surface area contributed by atoms with Gasteiger partial charge in [-0.2, -0.15) is 0 Å². The van der Waals surface area contributed by atoms with Gasteiger partial charge in [-0.25, -0.2) is 4.98 Å². The van der Waals surface area contributed by atoms with Crippen molar-refractivity contribution >= 4 is 45.0 Å². The Morgan fingerprint density at radius 1 is 1.17 bits per heavy atom. The van der Waals surface area contributed by atoms with E-state index in [0.29, 0.717) is 12.1 Å². The van der Waals surface area contributed by atoms with Crippen LogP contribution in [-0.4, -0.2) is 55.2 Å². The first-order valence-electron chi connectivity index (χ1n) is 9.75. The highest BCUT2D eigenvalue weighted by molar-refractivity contribution is 7.22. The van der Waals surface area contributed by atoms with Crippen LogP contribution in [0.2, 0.25) is 0 Å². The quantitative estimate of drug-likeness (QED) is 0.580. The van der Waals surface area contributed by atoms with Crippen LogP contribution in [0.15, 0.2) is 48.5 Å². The Morgan fingerprint density at radius 3 is 2.69 bits per heavy atom. The highest BCUT2D eigenvalue weighted by Crippen LogP contribution is 2.30. The van der Waals surface area contributed by atoms with Gasteiger partial charge in [-0.1, -0.05) is 35.6 Å². The van der Waals surface area contributed by atoms with Gasteiger partial charge in [0.15, 0.2) is 5.13 Å². The van der Waals surface area contributed by atoms with Crippen molar-refractivity contribution in [2.75, 3.05) is 44.3 Å². The van der Waals surface area contributed by atoms with Crippen LogP contribution in [0, 0.1) is 6.92 Å². The van der Waals surface area contributed by atoms with E-state index in [1.807, 2.05) is 41.3 Å². The monoisotopic (exact) mass is 431 g/mol. The molecule has 0 N–H and O–H groups in total. The summed E-state index contributed by atoms with van der Waals surface area (Å²) in [5, 5.41) is 0.774. The minimum Gasteiger partial charge on any atom is -0.379 e. The zero-order chi connectivity index (χ0) is 19.3. The number of benzene rings is 2. The number of morpholine rings is 1.